The van der Waals surface area contributed by atoms with E-state index >= 15 is 0 Å². The molecule has 3 aromatic rings. The first-order valence-corrected chi connectivity index (χ1v) is 16.6. The zero-order chi connectivity index (χ0) is 28.1. The third-order valence-corrected chi connectivity index (χ3v) is 12.4. The molecule has 38 heavy (non-hydrogen) atoms. The summed E-state index contributed by atoms with van der Waals surface area (Å²) in [4.78, 5) is 0.148. The average molecular weight is 556 g/mol. The van der Waals surface area contributed by atoms with E-state index < -0.39 is 18.3 Å². The van der Waals surface area contributed by atoms with Crippen molar-refractivity contribution in [3.05, 3.63) is 71.8 Å². The highest BCUT2D eigenvalue weighted by molar-refractivity contribution is 7.92. The minimum Gasteiger partial charge on any atom is -0.541 e. The van der Waals surface area contributed by atoms with Crippen LogP contribution >= 0.6 is 0 Å². The molecule has 1 N–H and O–H groups in total. The maximum Gasteiger partial charge on any atom is 0.262 e. The summed E-state index contributed by atoms with van der Waals surface area (Å²) >= 11 is 0. The van der Waals surface area contributed by atoms with Gasteiger partial charge in [0, 0.05) is 0 Å². The van der Waals surface area contributed by atoms with Crippen LogP contribution in [-0.2, 0) is 10.0 Å². The molecule has 204 valence electrons. The van der Waals surface area contributed by atoms with Crippen molar-refractivity contribution in [3.8, 4) is 23.0 Å². The molecular formula is C29H37NO6SSi. The molecule has 3 rings (SSSR count). The lowest BCUT2D eigenvalue weighted by Crippen LogP contribution is -2.43. The zero-order valence-corrected chi connectivity index (χ0v) is 25.1. The molecule has 0 saturated carbocycles. The molecule has 0 aromatic heterocycles. The van der Waals surface area contributed by atoms with Gasteiger partial charge in [-0.1, -0.05) is 57.2 Å². The quantitative estimate of drug-likeness (QED) is 0.213. The molecule has 0 bridgehead atoms. The lowest BCUT2D eigenvalue weighted by molar-refractivity contribution is 0.356. The molecule has 0 atom stereocenters. The van der Waals surface area contributed by atoms with Crippen LogP contribution in [0.3, 0.4) is 0 Å². The van der Waals surface area contributed by atoms with Crippen LogP contribution in [-0.4, -0.2) is 38.1 Å². The Hall–Kier alpha value is -3.43. The van der Waals surface area contributed by atoms with Gasteiger partial charge in [-0.25, -0.2) is 8.42 Å². The van der Waals surface area contributed by atoms with E-state index in [-0.39, 0.29) is 15.6 Å². The minimum atomic E-state index is -3.83. The van der Waals surface area contributed by atoms with Gasteiger partial charge < -0.3 is 18.6 Å². The molecule has 9 heteroatoms. The van der Waals surface area contributed by atoms with Crippen molar-refractivity contribution in [2.45, 2.75) is 43.8 Å². The maximum atomic E-state index is 13.0. The van der Waals surface area contributed by atoms with E-state index in [1.807, 2.05) is 30.4 Å². The number of hydrogen-bond donors (Lipinski definition) is 1. The van der Waals surface area contributed by atoms with Crippen LogP contribution in [0.25, 0.3) is 12.2 Å². The third kappa shape index (κ3) is 6.71. The zero-order valence-electron chi connectivity index (χ0n) is 23.3. The van der Waals surface area contributed by atoms with Crippen LogP contribution in [0.15, 0.2) is 65.6 Å². The van der Waals surface area contributed by atoms with Gasteiger partial charge in [0.1, 0.15) is 5.75 Å². The number of rotatable bonds is 10. The largest absolute Gasteiger partial charge is 0.541 e. The fourth-order valence-electron chi connectivity index (χ4n) is 3.46. The first-order chi connectivity index (χ1) is 17.8. The Bertz CT molecular complexity index is 1400. The summed E-state index contributed by atoms with van der Waals surface area (Å²) in [5.41, 5.74) is 1.89. The van der Waals surface area contributed by atoms with Crippen molar-refractivity contribution >= 4 is 36.2 Å². The maximum absolute atomic E-state index is 13.0. The number of benzene rings is 3. The molecule has 0 radical (unpaired) electrons. The number of methoxy groups -OCH3 is 3. The molecule has 0 aliphatic rings. The van der Waals surface area contributed by atoms with Gasteiger partial charge in [-0.05, 0) is 65.7 Å². The number of ether oxygens (including phenoxy) is 3. The topological polar surface area (TPSA) is 83.1 Å². The van der Waals surface area contributed by atoms with Crippen LogP contribution in [0.2, 0.25) is 18.1 Å². The van der Waals surface area contributed by atoms with Gasteiger partial charge in [0.05, 0.1) is 31.9 Å². The van der Waals surface area contributed by atoms with Gasteiger partial charge in [0.25, 0.3) is 18.3 Å². The second kappa shape index (κ2) is 11.5. The molecule has 0 fully saturated rings. The summed E-state index contributed by atoms with van der Waals surface area (Å²) in [6.45, 7) is 11.0. The number of sulfonamides is 1. The molecular weight excluding hydrogens is 518 g/mol. The summed E-state index contributed by atoms with van der Waals surface area (Å²) in [7, 11) is -1.31. The highest BCUT2D eigenvalue weighted by atomic mass is 32.2. The second-order valence-electron chi connectivity index (χ2n) is 10.3. The highest BCUT2D eigenvalue weighted by Gasteiger charge is 2.39. The summed E-state index contributed by atoms with van der Waals surface area (Å²) < 4.78 is 51.7. The molecule has 7 nitrogen and oxygen atoms in total. The average Bonchev–Trinajstić information content (AvgIpc) is 2.86. The van der Waals surface area contributed by atoms with Crippen molar-refractivity contribution in [1.29, 1.82) is 0 Å². The van der Waals surface area contributed by atoms with E-state index in [2.05, 4.69) is 38.6 Å². The van der Waals surface area contributed by atoms with Crippen LogP contribution in [0, 0.1) is 0 Å². The molecule has 0 heterocycles. The Kier molecular flexibility index (Phi) is 8.84. The SMILES string of the molecule is COc1ccc(/C=C\c2cc(NS(=O)(=O)c3ccccc3)c(OC)c(OC)c2)cc1O[Si](C)(C)C(C)(C)C. The molecule has 3 aromatic carbocycles. The molecule has 0 saturated heterocycles. The minimum absolute atomic E-state index is 0.0347. The number of nitrogens with one attached hydrogen (secondary N) is 1. The second-order valence-corrected chi connectivity index (χ2v) is 16.7. The first kappa shape index (κ1) is 29.1. The van der Waals surface area contributed by atoms with Gasteiger partial charge in [0.15, 0.2) is 17.2 Å². The van der Waals surface area contributed by atoms with Gasteiger partial charge in [0.2, 0.25) is 0 Å². The summed E-state index contributed by atoms with van der Waals surface area (Å²) in [5, 5.41) is 0.0347. The van der Waals surface area contributed by atoms with Crippen molar-refractivity contribution in [1.82, 2.24) is 0 Å². The van der Waals surface area contributed by atoms with Crippen molar-refractivity contribution in [2.24, 2.45) is 0 Å². The van der Waals surface area contributed by atoms with Crippen molar-refractivity contribution < 1.29 is 27.1 Å². The van der Waals surface area contributed by atoms with E-state index in [1.165, 1.54) is 26.4 Å². The Morgan fingerprint density at radius 3 is 1.95 bits per heavy atom. The third-order valence-electron chi connectivity index (χ3n) is 6.63. The van der Waals surface area contributed by atoms with E-state index in [0.717, 1.165) is 11.1 Å². The smallest absolute Gasteiger partial charge is 0.262 e. The van der Waals surface area contributed by atoms with E-state index in [4.69, 9.17) is 18.6 Å². The number of hydrogen-bond acceptors (Lipinski definition) is 6. The number of anilines is 1. The Morgan fingerprint density at radius 2 is 1.37 bits per heavy atom. The van der Waals surface area contributed by atoms with Gasteiger partial charge >= 0.3 is 0 Å². The molecule has 0 aliphatic heterocycles. The van der Waals surface area contributed by atoms with Gasteiger partial charge in [-0.15, -0.1) is 0 Å². The van der Waals surface area contributed by atoms with Crippen molar-refractivity contribution in [2.75, 3.05) is 26.1 Å². The predicted octanol–water partition coefficient (Wildman–Crippen LogP) is 7.07. The normalized spacial score (nSPS) is 12.3. The molecule has 0 aliphatic carbocycles. The van der Waals surface area contributed by atoms with Crippen LogP contribution in [0.5, 0.6) is 23.0 Å². The van der Waals surface area contributed by atoms with Crippen LogP contribution < -0.4 is 23.4 Å². The van der Waals surface area contributed by atoms with E-state index in [0.29, 0.717) is 23.0 Å². The lowest BCUT2D eigenvalue weighted by Gasteiger charge is -2.36. The fourth-order valence-corrected chi connectivity index (χ4v) is 5.55. The summed E-state index contributed by atoms with van der Waals surface area (Å²) in [6.07, 6.45) is 3.80. The standard InChI is InChI=1S/C29H37NO6SSi/c1-29(2,3)38(7,8)36-26-19-21(16-17-25(26)33-4)14-15-22-18-24(28(35-6)27(20-22)34-5)30-37(31,32)23-12-10-9-11-13-23/h9-20,30H,1-8H3/b15-14-. The Morgan fingerprint density at radius 1 is 0.763 bits per heavy atom. The Balaban J connectivity index is 1.98. The predicted molar refractivity (Wildman–Crippen MR) is 157 cm³/mol. The van der Waals surface area contributed by atoms with Crippen LogP contribution in [0.4, 0.5) is 5.69 Å². The monoisotopic (exact) mass is 555 g/mol. The van der Waals surface area contributed by atoms with Gasteiger partial charge in [-0.2, -0.15) is 0 Å². The van der Waals surface area contributed by atoms with Crippen LogP contribution in [0.1, 0.15) is 31.9 Å². The van der Waals surface area contributed by atoms with E-state index in [1.54, 1.807) is 37.4 Å². The molecule has 0 unspecified atom stereocenters. The Labute approximate surface area is 227 Å². The van der Waals surface area contributed by atoms with E-state index in [9.17, 15) is 8.42 Å². The lowest BCUT2D eigenvalue weighted by atomic mass is 10.1. The molecule has 0 amide bonds. The van der Waals surface area contributed by atoms with Crippen molar-refractivity contribution in [3.63, 3.8) is 0 Å². The molecule has 0 spiro atoms. The summed E-state index contributed by atoms with van der Waals surface area (Å²) in [5.74, 6) is 2.07. The highest BCUT2D eigenvalue weighted by Crippen LogP contribution is 2.41. The van der Waals surface area contributed by atoms with Gasteiger partial charge in [-0.3, -0.25) is 4.72 Å². The first-order valence-electron chi connectivity index (χ1n) is 12.2. The fraction of sp³-hybridized carbons (Fsp3) is 0.310. The summed E-state index contributed by atoms with van der Waals surface area (Å²) in [6, 6.07) is 17.4.